The van der Waals surface area contributed by atoms with Crippen LogP contribution < -0.4 is 5.32 Å². The second kappa shape index (κ2) is 4.35. The van der Waals surface area contributed by atoms with Gasteiger partial charge in [-0.15, -0.1) is 11.3 Å². The van der Waals surface area contributed by atoms with Gasteiger partial charge in [-0.2, -0.15) is 4.39 Å². The zero-order valence-corrected chi connectivity index (χ0v) is 9.01. The van der Waals surface area contributed by atoms with Crippen LogP contribution in [0.4, 0.5) is 10.1 Å². The van der Waals surface area contributed by atoms with Crippen molar-refractivity contribution in [1.29, 1.82) is 0 Å². The Morgan fingerprint density at radius 3 is 3.07 bits per heavy atom. The summed E-state index contributed by atoms with van der Waals surface area (Å²) < 4.78 is 12.7. The SMILES string of the molecule is Cc1nc(CNc2ccnc(F)c2)cs1. The lowest BCUT2D eigenvalue weighted by Crippen LogP contribution is -2.00. The third kappa shape index (κ3) is 2.73. The first-order valence-electron chi connectivity index (χ1n) is 4.50. The van der Waals surface area contributed by atoms with Gasteiger partial charge < -0.3 is 5.32 Å². The number of aromatic nitrogens is 2. The zero-order chi connectivity index (χ0) is 10.7. The topological polar surface area (TPSA) is 37.8 Å². The van der Waals surface area contributed by atoms with E-state index in [0.717, 1.165) is 10.7 Å². The van der Waals surface area contributed by atoms with Gasteiger partial charge in [-0.25, -0.2) is 9.97 Å². The highest BCUT2D eigenvalue weighted by Gasteiger charge is 1.99. The fourth-order valence-electron chi connectivity index (χ4n) is 1.19. The van der Waals surface area contributed by atoms with Crippen molar-refractivity contribution in [3.8, 4) is 0 Å². The van der Waals surface area contributed by atoms with E-state index in [9.17, 15) is 4.39 Å². The van der Waals surface area contributed by atoms with E-state index in [2.05, 4.69) is 15.3 Å². The van der Waals surface area contributed by atoms with Crippen molar-refractivity contribution < 1.29 is 4.39 Å². The minimum Gasteiger partial charge on any atom is -0.379 e. The summed E-state index contributed by atoms with van der Waals surface area (Å²) in [5, 5.41) is 6.10. The maximum Gasteiger partial charge on any atom is 0.214 e. The highest BCUT2D eigenvalue weighted by Crippen LogP contribution is 2.11. The summed E-state index contributed by atoms with van der Waals surface area (Å²) in [7, 11) is 0. The maximum atomic E-state index is 12.7. The smallest absolute Gasteiger partial charge is 0.214 e. The minimum absolute atomic E-state index is 0.477. The first-order valence-corrected chi connectivity index (χ1v) is 5.38. The number of anilines is 1. The fraction of sp³-hybridized carbons (Fsp3) is 0.200. The number of thiazole rings is 1. The van der Waals surface area contributed by atoms with Crippen molar-refractivity contribution in [3.05, 3.63) is 40.4 Å². The van der Waals surface area contributed by atoms with Crippen molar-refractivity contribution in [1.82, 2.24) is 9.97 Å². The maximum absolute atomic E-state index is 12.7. The summed E-state index contributed by atoms with van der Waals surface area (Å²) in [6.07, 6.45) is 1.43. The molecule has 5 heteroatoms. The van der Waals surface area contributed by atoms with E-state index in [1.165, 1.54) is 12.3 Å². The summed E-state index contributed by atoms with van der Waals surface area (Å²) in [5.41, 5.74) is 1.68. The quantitative estimate of drug-likeness (QED) is 0.813. The van der Waals surface area contributed by atoms with Gasteiger partial charge in [-0.3, -0.25) is 0 Å². The number of halogens is 1. The summed E-state index contributed by atoms with van der Waals surface area (Å²) in [6, 6.07) is 3.08. The predicted octanol–water partition coefficient (Wildman–Crippen LogP) is 2.60. The van der Waals surface area contributed by atoms with Crippen LogP contribution >= 0.6 is 11.3 Å². The van der Waals surface area contributed by atoms with E-state index >= 15 is 0 Å². The van der Waals surface area contributed by atoms with Gasteiger partial charge in [-0.05, 0) is 13.0 Å². The number of rotatable bonds is 3. The lowest BCUT2D eigenvalue weighted by atomic mass is 10.4. The molecular formula is C10H10FN3S. The average molecular weight is 223 g/mol. The second-order valence-corrected chi connectivity index (χ2v) is 4.14. The fourth-order valence-corrected chi connectivity index (χ4v) is 1.81. The molecule has 2 rings (SSSR count). The Labute approximate surface area is 91.0 Å². The minimum atomic E-state index is -0.477. The summed E-state index contributed by atoms with van der Waals surface area (Å²) in [6.45, 7) is 2.56. The molecule has 2 aromatic heterocycles. The van der Waals surface area contributed by atoms with Gasteiger partial charge in [0.25, 0.3) is 0 Å². The average Bonchev–Trinajstić information content (AvgIpc) is 2.62. The van der Waals surface area contributed by atoms with Gasteiger partial charge >= 0.3 is 0 Å². The molecule has 0 unspecified atom stereocenters. The van der Waals surface area contributed by atoms with Crippen LogP contribution in [0.15, 0.2) is 23.7 Å². The van der Waals surface area contributed by atoms with Crippen molar-refractivity contribution >= 4 is 17.0 Å². The lowest BCUT2D eigenvalue weighted by Gasteiger charge is -2.03. The Balaban J connectivity index is 1.99. The lowest BCUT2D eigenvalue weighted by molar-refractivity contribution is 0.584. The van der Waals surface area contributed by atoms with Gasteiger partial charge in [0.2, 0.25) is 5.95 Å². The molecule has 2 heterocycles. The van der Waals surface area contributed by atoms with E-state index in [4.69, 9.17) is 0 Å². The zero-order valence-electron chi connectivity index (χ0n) is 8.20. The van der Waals surface area contributed by atoms with E-state index in [0.29, 0.717) is 12.2 Å². The third-order valence-corrected chi connectivity index (χ3v) is 2.69. The molecule has 3 nitrogen and oxygen atoms in total. The molecule has 0 bridgehead atoms. The molecule has 78 valence electrons. The molecule has 0 saturated carbocycles. The third-order valence-electron chi connectivity index (χ3n) is 1.87. The van der Waals surface area contributed by atoms with Crippen molar-refractivity contribution in [2.24, 2.45) is 0 Å². The first-order chi connectivity index (χ1) is 7.24. The van der Waals surface area contributed by atoms with E-state index in [-0.39, 0.29) is 0 Å². The van der Waals surface area contributed by atoms with Crippen molar-refractivity contribution in [2.45, 2.75) is 13.5 Å². The molecule has 0 saturated heterocycles. The molecule has 0 amide bonds. The van der Waals surface area contributed by atoms with Gasteiger partial charge in [0, 0.05) is 23.3 Å². The molecule has 0 atom stereocenters. The van der Waals surface area contributed by atoms with Crippen LogP contribution in [0.25, 0.3) is 0 Å². The first kappa shape index (κ1) is 10.0. The number of hydrogen-bond donors (Lipinski definition) is 1. The summed E-state index contributed by atoms with van der Waals surface area (Å²) >= 11 is 1.61. The molecular weight excluding hydrogens is 213 g/mol. The molecule has 0 radical (unpaired) electrons. The van der Waals surface area contributed by atoms with Crippen LogP contribution in [0.3, 0.4) is 0 Å². The Bertz CT molecular complexity index is 455. The van der Waals surface area contributed by atoms with Gasteiger partial charge in [-0.1, -0.05) is 0 Å². The number of aryl methyl sites for hydroxylation is 1. The summed E-state index contributed by atoms with van der Waals surface area (Å²) in [5.74, 6) is -0.477. The van der Waals surface area contributed by atoms with Crippen LogP contribution in [0.5, 0.6) is 0 Å². The Morgan fingerprint density at radius 1 is 1.53 bits per heavy atom. The highest BCUT2D eigenvalue weighted by atomic mass is 32.1. The summed E-state index contributed by atoms with van der Waals surface area (Å²) in [4.78, 5) is 7.77. The predicted molar refractivity (Wildman–Crippen MR) is 58.4 cm³/mol. The van der Waals surface area contributed by atoms with Gasteiger partial charge in [0.05, 0.1) is 17.2 Å². The Kier molecular flexibility index (Phi) is 2.91. The Morgan fingerprint density at radius 2 is 2.40 bits per heavy atom. The van der Waals surface area contributed by atoms with Crippen molar-refractivity contribution in [2.75, 3.05) is 5.32 Å². The number of nitrogens with one attached hydrogen (secondary N) is 1. The van der Waals surface area contributed by atoms with E-state index in [1.807, 2.05) is 12.3 Å². The molecule has 0 aliphatic carbocycles. The molecule has 0 spiro atoms. The number of hydrogen-bond acceptors (Lipinski definition) is 4. The normalized spacial score (nSPS) is 10.3. The largest absolute Gasteiger partial charge is 0.379 e. The van der Waals surface area contributed by atoms with E-state index < -0.39 is 5.95 Å². The van der Waals surface area contributed by atoms with Crippen LogP contribution in [-0.2, 0) is 6.54 Å². The molecule has 15 heavy (non-hydrogen) atoms. The highest BCUT2D eigenvalue weighted by molar-refractivity contribution is 7.09. The molecule has 0 fully saturated rings. The standard InChI is InChI=1S/C10H10FN3S/c1-7-14-9(6-15-7)5-13-8-2-3-12-10(11)4-8/h2-4,6H,5H2,1H3,(H,12,13). The van der Waals surface area contributed by atoms with Gasteiger partial charge in [0.1, 0.15) is 0 Å². The number of pyridine rings is 1. The molecule has 0 aliphatic heterocycles. The van der Waals surface area contributed by atoms with Gasteiger partial charge in [0.15, 0.2) is 0 Å². The Hall–Kier alpha value is -1.49. The van der Waals surface area contributed by atoms with Crippen LogP contribution in [0.1, 0.15) is 10.7 Å². The monoisotopic (exact) mass is 223 g/mol. The second-order valence-electron chi connectivity index (χ2n) is 3.08. The van der Waals surface area contributed by atoms with Crippen LogP contribution in [0.2, 0.25) is 0 Å². The molecule has 0 aromatic carbocycles. The number of nitrogens with zero attached hydrogens (tertiary/aromatic N) is 2. The van der Waals surface area contributed by atoms with Crippen molar-refractivity contribution in [3.63, 3.8) is 0 Å². The van der Waals surface area contributed by atoms with Crippen LogP contribution in [-0.4, -0.2) is 9.97 Å². The van der Waals surface area contributed by atoms with E-state index in [1.54, 1.807) is 17.4 Å². The van der Waals surface area contributed by atoms with Crippen LogP contribution in [0, 0.1) is 12.9 Å². The molecule has 1 N–H and O–H groups in total. The molecule has 0 aliphatic rings. The molecule has 2 aromatic rings.